The molecule has 108 valence electrons. The molecule has 20 heavy (non-hydrogen) atoms. The lowest BCUT2D eigenvalue weighted by Gasteiger charge is -2.07. The van der Waals surface area contributed by atoms with Gasteiger partial charge in [-0.05, 0) is 18.2 Å². The second kappa shape index (κ2) is 5.49. The normalized spacial score (nSPS) is 11.3. The van der Waals surface area contributed by atoms with E-state index < -0.39 is 9.84 Å². The van der Waals surface area contributed by atoms with Crippen LogP contribution in [0.4, 0.5) is 0 Å². The fourth-order valence-electron chi connectivity index (χ4n) is 1.63. The van der Waals surface area contributed by atoms with Crippen LogP contribution in [-0.2, 0) is 15.6 Å². The van der Waals surface area contributed by atoms with Gasteiger partial charge in [0.05, 0.1) is 14.2 Å². The number of aromatic nitrogens is 2. The van der Waals surface area contributed by atoms with Gasteiger partial charge >= 0.3 is 0 Å². The lowest BCUT2D eigenvalue weighted by molar-refractivity contribution is 0.355. The number of hydrogen-bond donors (Lipinski definition) is 0. The first-order valence-corrected chi connectivity index (χ1v) is 7.71. The van der Waals surface area contributed by atoms with Crippen molar-refractivity contribution in [1.29, 1.82) is 0 Å². The first-order chi connectivity index (χ1) is 9.43. The Morgan fingerprint density at radius 3 is 2.50 bits per heavy atom. The van der Waals surface area contributed by atoms with Gasteiger partial charge in [-0.15, -0.1) is 0 Å². The molecule has 7 nitrogen and oxygen atoms in total. The fourth-order valence-corrected chi connectivity index (χ4v) is 2.20. The Morgan fingerprint density at radius 1 is 1.20 bits per heavy atom. The summed E-state index contributed by atoms with van der Waals surface area (Å²) in [4.78, 5) is 4.04. The van der Waals surface area contributed by atoms with Crippen molar-refractivity contribution in [2.75, 3.05) is 20.5 Å². The SMILES string of the molecule is COc1ccc(-c2noc(CS(C)(=O)=O)n2)cc1OC. The zero-order valence-electron chi connectivity index (χ0n) is 11.3. The van der Waals surface area contributed by atoms with Crippen molar-refractivity contribution in [3.63, 3.8) is 0 Å². The highest BCUT2D eigenvalue weighted by molar-refractivity contribution is 7.89. The van der Waals surface area contributed by atoms with E-state index in [-0.39, 0.29) is 11.6 Å². The molecule has 0 aliphatic carbocycles. The van der Waals surface area contributed by atoms with Crippen LogP contribution in [0.2, 0.25) is 0 Å². The van der Waals surface area contributed by atoms with Crippen LogP contribution in [0.25, 0.3) is 11.4 Å². The highest BCUT2D eigenvalue weighted by Gasteiger charge is 2.15. The highest BCUT2D eigenvalue weighted by atomic mass is 32.2. The summed E-state index contributed by atoms with van der Waals surface area (Å²) in [6, 6.07) is 5.13. The Labute approximate surface area is 116 Å². The molecule has 0 spiro atoms. The summed E-state index contributed by atoms with van der Waals surface area (Å²) in [5.41, 5.74) is 0.645. The predicted octanol–water partition coefficient (Wildman–Crippen LogP) is 1.30. The number of sulfone groups is 1. The molecule has 0 bridgehead atoms. The summed E-state index contributed by atoms with van der Waals surface area (Å²) in [7, 11) is -0.152. The molecule has 0 saturated heterocycles. The van der Waals surface area contributed by atoms with E-state index in [0.29, 0.717) is 22.9 Å². The minimum absolute atomic E-state index is 0.0530. The maximum Gasteiger partial charge on any atom is 0.242 e. The Morgan fingerprint density at radius 2 is 1.90 bits per heavy atom. The molecule has 0 N–H and O–H groups in total. The van der Waals surface area contributed by atoms with E-state index in [1.54, 1.807) is 18.2 Å². The maximum atomic E-state index is 11.2. The zero-order chi connectivity index (χ0) is 14.8. The Kier molecular flexibility index (Phi) is 3.93. The van der Waals surface area contributed by atoms with Gasteiger partial charge in [-0.25, -0.2) is 8.42 Å². The molecule has 0 aliphatic rings. The van der Waals surface area contributed by atoms with Crippen LogP contribution in [0.1, 0.15) is 5.89 Å². The van der Waals surface area contributed by atoms with E-state index in [1.165, 1.54) is 14.2 Å². The van der Waals surface area contributed by atoms with Gasteiger partial charge in [-0.3, -0.25) is 0 Å². The molecule has 0 aliphatic heterocycles. The Hall–Kier alpha value is -2.09. The first kappa shape index (κ1) is 14.3. The highest BCUT2D eigenvalue weighted by Crippen LogP contribution is 2.31. The van der Waals surface area contributed by atoms with Crippen LogP contribution in [0, 0.1) is 0 Å². The summed E-state index contributed by atoms with van der Waals surface area (Å²) in [6.07, 6.45) is 1.10. The molecule has 1 aromatic heterocycles. The van der Waals surface area contributed by atoms with Crippen molar-refractivity contribution in [1.82, 2.24) is 10.1 Å². The van der Waals surface area contributed by atoms with E-state index >= 15 is 0 Å². The quantitative estimate of drug-likeness (QED) is 0.821. The lowest BCUT2D eigenvalue weighted by Crippen LogP contribution is -2.00. The zero-order valence-corrected chi connectivity index (χ0v) is 12.1. The third kappa shape index (κ3) is 3.27. The van der Waals surface area contributed by atoms with Crippen molar-refractivity contribution in [2.24, 2.45) is 0 Å². The number of nitrogens with zero attached hydrogens (tertiary/aromatic N) is 2. The Balaban J connectivity index is 2.32. The van der Waals surface area contributed by atoms with Gasteiger partial charge in [0.15, 0.2) is 21.3 Å². The van der Waals surface area contributed by atoms with Gasteiger partial charge < -0.3 is 14.0 Å². The summed E-state index contributed by atoms with van der Waals surface area (Å²) >= 11 is 0. The molecule has 8 heteroatoms. The summed E-state index contributed by atoms with van der Waals surface area (Å²) in [5, 5.41) is 3.75. The topological polar surface area (TPSA) is 91.5 Å². The van der Waals surface area contributed by atoms with Gasteiger partial charge in [0.25, 0.3) is 0 Å². The predicted molar refractivity (Wildman–Crippen MR) is 71.4 cm³/mol. The van der Waals surface area contributed by atoms with Crippen LogP contribution in [0.5, 0.6) is 11.5 Å². The number of rotatable bonds is 5. The molecular formula is C12H14N2O5S. The van der Waals surface area contributed by atoms with Crippen molar-refractivity contribution in [2.45, 2.75) is 5.75 Å². The van der Waals surface area contributed by atoms with Crippen molar-refractivity contribution in [3.8, 4) is 22.9 Å². The third-order valence-corrected chi connectivity index (χ3v) is 3.27. The molecule has 0 radical (unpaired) electrons. The largest absolute Gasteiger partial charge is 0.493 e. The molecular weight excluding hydrogens is 284 g/mol. The lowest BCUT2D eigenvalue weighted by atomic mass is 10.2. The molecule has 2 aromatic rings. The molecule has 1 aromatic carbocycles. The van der Waals surface area contributed by atoms with Crippen LogP contribution in [0.3, 0.4) is 0 Å². The van der Waals surface area contributed by atoms with Gasteiger partial charge in [-0.2, -0.15) is 4.98 Å². The standard InChI is InChI=1S/C12H14N2O5S/c1-17-9-5-4-8(6-10(9)18-2)12-13-11(19-14-12)7-20(3,15)16/h4-6H,7H2,1-3H3. The number of ether oxygens (including phenoxy) is 2. The second-order valence-corrected chi connectivity index (χ2v) is 6.29. The monoisotopic (exact) mass is 298 g/mol. The fraction of sp³-hybridized carbons (Fsp3) is 0.333. The van der Waals surface area contributed by atoms with E-state index in [2.05, 4.69) is 10.1 Å². The minimum Gasteiger partial charge on any atom is -0.493 e. The maximum absolute atomic E-state index is 11.2. The third-order valence-electron chi connectivity index (χ3n) is 2.50. The first-order valence-electron chi connectivity index (χ1n) is 5.65. The molecule has 0 saturated carbocycles. The van der Waals surface area contributed by atoms with Crippen molar-refractivity contribution in [3.05, 3.63) is 24.1 Å². The smallest absolute Gasteiger partial charge is 0.242 e. The average Bonchev–Trinajstić information content (AvgIpc) is 2.84. The second-order valence-electron chi connectivity index (χ2n) is 4.15. The van der Waals surface area contributed by atoms with Crippen LogP contribution >= 0.6 is 0 Å². The number of hydrogen-bond acceptors (Lipinski definition) is 7. The molecule has 0 amide bonds. The molecule has 2 rings (SSSR count). The molecule has 0 unspecified atom stereocenters. The Bertz CT molecular complexity index is 708. The van der Waals surface area contributed by atoms with Gasteiger partial charge in [0.1, 0.15) is 5.75 Å². The number of benzene rings is 1. The van der Waals surface area contributed by atoms with Crippen molar-refractivity contribution < 1.29 is 22.4 Å². The van der Waals surface area contributed by atoms with E-state index in [9.17, 15) is 8.42 Å². The van der Waals surface area contributed by atoms with E-state index in [4.69, 9.17) is 14.0 Å². The van der Waals surface area contributed by atoms with Gasteiger partial charge in [0, 0.05) is 11.8 Å². The average molecular weight is 298 g/mol. The molecule has 1 heterocycles. The number of methoxy groups -OCH3 is 2. The summed E-state index contributed by atoms with van der Waals surface area (Å²) in [6.45, 7) is 0. The summed E-state index contributed by atoms with van der Waals surface area (Å²) in [5.74, 6) is 1.17. The van der Waals surface area contributed by atoms with Crippen LogP contribution in [0.15, 0.2) is 22.7 Å². The van der Waals surface area contributed by atoms with Gasteiger partial charge in [-0.1, -0.05) is 5.16 Å². The van der Waals surface area contributed by atoms with Crippen LogP contribution < -0.4 is 9.47 Å². The van der Waals surface area contributed by atoms with E-state index in [1.807, 2.05) is 0 Å². The van der Waals surface area contributed by atoms with Crippen LogP contribution in [-0.4, -0.2) is 39.0 Å². The molecule has 0 fully saturated rings. The molecule has 0 atom stereocenters. The van der Waals surface area contributed by atoms with Gasteiger partial charge in [0.2, 0.25) is 11.7 Å². The minimum atomic E-state index is -3.21. The van der Waals surface area contributed by atoms with Crippen molar-refractivity contribution >= 4 is 9.84 Å². The van der Waals surface area contributed by atoms with E-state index in [0.717, 1.165) is 6.26 Å². The summed E-state index contributed by atoms with van der Waals surface area (Å²) < 4.78 is 37.6.